The minimum Gasteiger partial charge on any atom is -0.436 e. The lowest BCUT2D eigenvalue weighted by Crippen LogP contribution is -2.15. The van der Waals surface area contributed by atoms with Crippen LogP contribution in [0, 0.1) is 11.6 Å². The number of halogens is 3. The van der Waals surface area contributed by atoms with Crippen LogP contribution in [0.3, 0.4) is 0 Å². The minimum atomic E-state index is -0.511. The maximum atomic E-state index is 13.8. The highest BCUT2D eigenvalue weighted by atomic mass is 79.9. The third-order valence-electron chi connectivity index (χ3n) is 2.73. The fourth-order valence-electron chi connectivity index (χ4n) is 1.75. The topological polar surface area (TPSA) is 34.2 Å². The summed E-state index contributed by atoms with van der Waals surface area (Å²) in [5.41, 5.74) is 0.547. The molecule has 1 aromatic carbocycles. The van der Waals surface area contributed by atoms with Gasteiger partial charge in [0.05, 0.1) is 6.20 Å². The van der Waals surface area contributed by atoms with E-state index in [2.05, 4.69) is 26.2 Å². The number of ether oxygens (including phenoxy) is 1. The summed E-state index contributed by atoms with van der Waals surface area (Å²) < 4.78 is 33.2. The predicted octanol–water partition coefficient (Wildman–Crippen LogP) is 4.41. The van der Waals surface area contributed by atoms with E-state index in [9.17, 15) is 8.78 Å². The fraction of sp³-hybridized carbons (Fsp3) is 0.267. The molecule has 0 aliphatic heterocycles. The van der Waals surface area contributed by atoms with E-state index in [1.807, 2.05) is 6.92 Å². The first-order valence-corrected chi connectivity index (χ1v) is 7.37. The molecular formula is C15H15BrF2N2O. The van der Waals surface area contributed by atoms with Crippen molar-refractivity contribution in [3.05, 3.63) is 52.1 Å². The number of benzene rings is 1. The zero-order chi connectivity index (χ0) is 15.2. The van der Waals surface area contributed by atoms with Gasteiger partial charge in [0, 0.05) is 16.6 Å². The Hall–Kier alpha value is -1.53. The molecule has 3 nitrogen and oxygen atoms in total. The van der Waals surface area contributed by atoms with E-state index in [1.165, 1.54) is 18.2 Å². The first-order chi connectivity index (χ1) is 10.1. The van der Waals surface area contributed by atoms with Gasteiger partial charge in [-0.1, -0.05) is 22.9 Å². The Morgan fingerprint density at radius 2 is 2.10 bits per heavy atom. The highest BCUT2D eigenvalue weighted by Gasteiger charge is 2.11. The van der Waals surface area contributed by atoms with Gasteiger partial charge >= 0.3 is 0 Å². The number of rotatable bonds is 6. The zero-order valence-corrected chi connectivity index (χ0v) is 13.1. The summed E-state index contributed by atoms with van der Waals surface area (Å²) in [5.74, 6) is -0.717. The molecule has 0 atom stereocenters. The molecular weight excluding hydrogens is 342 g/mol. The van der Waals surface area contributed by atoms with Crippen molar-refractivity contribution in [1.82, 2.24) is 10.3 Å². The zero-order valence-electron chi connectivity index (χ0n) is 11.5. The average Bonchev–Trinajstić information content (AvgIpc) is 2.44. The van der Waals surface area contributed by atoms with E-state index in [0.29, 0.717) is 16.6 Å². The average molecular weight is 357 g/mol. The Kier molecular flexibility index (Phi) is 5.64. The van der Waals surface area contributed by atoms with Crippen LogP contribution in [-0.4, -0.2) is 11.5 Å². The Morgan fingerprint density at radius 1 is 1.29 bits per heavy atom. The number of nitrogens with one attached hydrogen (secondary N) is 1. The second-order valence-corrected chi connectivity index (χ2v) is 5.39. The third kappa shape index (κ3) is 4.47. The molecule has 0 saturated heterocycles. The lowest BCUT2D eigenvalue weighted by molar-refractivity contribution is 0.417. The van der Waals surface area contributed by atoms with Gasteiger partial charge in [-0.2, -0.15) is 0 Å². The van der Waals surface area contributed by atoms with E-state index in [1.54, 1.807) is 6.07 Å². The van der Waals surface area contributed by atoms with Gasteiger partial charge in [0.15, 0.2) is 11.6 Å². The molecule has 0 amide bonds. The molecule has 0 spiro atoms. The van der Waals surface area contributed by atoms with Gasteiger partial charge in [-0.15, -0.1) is 0 Å². The smallest absolute Gasteiger partial charge is 0.224 e. The lowest BCUT2D eigenvalue weighted by Gasteiger charge is -2.11. The van der Waals surface area contributed by atoms with Crippen molar-refractivity contribution >= 4 is 15.9 Å². The van der Waals surface area contributed by atoms with Crippen LogP contribution in [0.15, 0.2) is 34.9 Å². The van der Waals surface area contributed by atoms with Crippen LogP contribution >= 0.6 is 15.9 Å². The maximum absolute atomic E-state index is 13.8. The SMILES string of the molecule is CCCNCc1cc(F)cnc1Oc1ccc(Br)cc1F. The van der Waals surface area contributed by atoms with Crippen LogP contribution < -0.4 is 10.1 Å². The quantitative estimate of drug-likeness (QED) is 0.778. The van der Waals surface area contributed by atoms with E-state index in [-0.39, 0.29) is 11.6 Å². The van der Waals surface area contributed by atoms with Gasteiger partial charge in [0.25, 0.3) is 0 Å². The second kappa shape index (κ2) is 7.47. The Bertz CT molecular complexity index is 623. The first kappa shape index (κ1) is 15.9. The van der Waals surface area contributed by atoms with Crippen molar-refractivity contribution in [2.45, 2.75) is 19.9 Å². The standard InChI is InChI=1S/C15H15BrF2N2O/c1-2-5-19-8-10-6-12(17)9-20-15(10)21-14-4-3-11(16)7-13(14)18/h3-4,6-7,9,19H,2,5,8H2,1H3. The summed E-state index contributed by atoms with van der Waals surface area (Å²) in [5, 5.41) is 3.14. The summed E-state index contributed by atoms with van der Waals surface area (Å²) in [6.45, 7) is 3.24. The van der Waals surface area contributed by atoms with Gasteiger partial charge in [0.1, 0.15) is 5.82 Å². The summed E-state index contributed by atoms with van der Waals surface area (Å²) in [7, 11) is 0. The predicted molar refractivity (Wildman–Crippen MR) is 80.4 cm³/mol. The molecule has 0 bridgehead atoms. The van der Waals surface area contributed by atoms with Gasteiger partial charge in [-0.05, 0) is 37.2 Å². The highest BCUT2D eigenvalue weighted by Crippen LogP contribution is 2.28. The summed E-state index contributed by atoms with van der Waals surface area (Å²) in [4.78, 5) is 3.90. The first-order valence-electron chi connectivity index (χ1n) is 6.58. The van der Waals surface area contributed by atoms with Crippen LogP contribution in [0.5, 0.6) is 11.6 Å². The molecule has 112 valence electrons. The van der Waals surface area contributed by atoms with E-state index in [4.69, 9.17) is 4.74 Å². The molecule has 0 saturated carbocycles. The van der Waals surface area contributed by atoms with E-state index in [0.717, 1.165) is 19.2 Å². The normalized spacial score (nSPS) is 10.7. The van der Waals surface area contributed by atoms with Gasteiger partial charge < -0.3 is 10.1 Å². The van der Waals surface area contributed by atoms with Crippen LogP contribution in [0.4, 0.5) is 8.78 Å². The molecule has 2 rings (SSSR count). The van der Waals surface area contributed by atoms with Crippen LogP contribution in [0.1, 0.15) is 18.9 Å². The van der Waals surface area contributed by atoms with Gasteiger partial charge in [-0.3, -0.25) is 0 Å². The van der Waals surface area contributed by atoms with Crippen LogP contribution in [0.25, 0.3) is 0 Å². The monoisotopic (exact) mass is 356 g/mol. The van der Waals surface area contributed by atoms with Crippen LogP contribution in [-0.2, 0) is 6.54 Å². The van der Waals surface area contributed by atoms with Gasteiger partial charge in [-0.25, -0.2) is 13.8 Å². The van der Waals surface area contributed by atoms with Crippen molar-refractivity contribution < 1.29 is 13.5 Å². The lowest BCUT2D eigenvalue weighted by atomic mass is 10.2. The maximum Gasteiger partial charge on any atom is 0.224 e. The van der Waals surface area contributed by atoms with E-state index >= 15 is 0 Å². The number of pyridine rings is 1. The molecule has 0 fully saturated rings. The summed E-state index contributed by atoms with van der Waals surface area (Å²) >= 11 is 3.18. The molecule has 1 heterocycles. The molecule has 0 unspecified atom stereocenters. The Balaban J connectivity index is 2.22. The summed E-state index contributed by atoms with van der Waals surface area (Å²) in [6, 6.07) is 5.79. The Morgan fingerprint density at radius 3 is 2.81 bits per heavy atom. The van der Waals surface area contributed by atoms with Crippen molar-refractivity contribution in [1.29, 1.82) is 0 Å². The van der Waals surface area contributed by atoms with Crippen LogP contribution in [0.2, 0.25) is 0 Å². The molecule has 0 radical (unpaired) electrons. The molecule has 0 aliphatic carbocycles. The highest BCUT2D eigenvalue weighted by molar-refractivity contribution is 9.10. The Labute approximate surface area is 130 Å². The molecule has 1 aromatic heterocycles. The van der Waals surface area contributed by atoms with Crippen molar-refractivity contribution in [2.75, 3.05) is 6.54 Å². The molecule has 1 N–H and O–H groups in total. The largest absolute Gasteiger partial charge is 0.436 e. The number of aromatic nitrogens is 1. The van der Waals surface area contributed by atoms with Crippen molar-refractivity contribution in [3.63, 3.8) is 0 Å². The van der Waals surface area contributed by atoms with Crippen molar-refractivity contribution in [2.24, 2.45) is 0 Å². The molecule has 6 heteroatoms. The number of hydrogen-bond acceptors (Lipinski definition) is 3. The van der Waals surface area contributed by atoms with E-state index < -0.39 is 11.6 Å². The molecule has 21 heavy (non-hydrogen) atoms. The summed E-state index contributed by atoms with van der Waals surface area (Å²) in [6.07, 6.45) is 2.01. The molecule has 2 aromatic rings. The van der Waals surface area contributed by atoms with Crippen molar-refractivity contribution in [3.8, 4) is 11.6 Å². The fourth-order valence-corrected chi connectivity index (χ4v) is 2.08. The van der Waals surface area contributed by atoms with Gasteiger partial charge in [0.2, 0.25) is 5.88 Å². The third-order valence-corrected chi connectivity index (χ3v) is 3.23. The minimum absolute atomic E-state index is 0.0500. The number of nitrogens with zero attached hydrogens (tertiary/aromatic N) is 1. The second-order valence-electron chi connectivity index (χ2n) is 4.47. The molecule has 0 aliphatic rings. The number of hydrogen-bond donors (Lipinski definition) is 1.